The van der Waals surface area contributed by atoms with Crippen LogP contribution in [0.15, 0.2) is 11.2 Å². The predicted octanol–water partition coefficient (Wildman–Crippen LogP) is 2.71. The summed E-state index contributed by atoms with van der Waals surface area (Å²) >= 11 is 0. The van der Waals surface area contributed by atoms with Crippen molar-refractivity contribution in [2.75, 3.05) is 13.1 Å². The molecule has 7 nitrogen and oxygen atoms in total. The second kappa shape index (κ2) is 8.76. The normalized spacial score (nSPS) is 27.3. The summed E-state index contributed by atoms with van der Waals surface area (Å²) in [4.78, 5) is 17.1. The Labute approximate surface area is 175 Å². The lowest BCUT2D eigenvalue weighted by molar-refractivity contribution is -0.127. The van der Waals surface area contributed by atoms with Crippen molar-refractivity contribution < 1.29 is 13.2 Å². The van der Waals surface area contributed by atoms with Gasteiger partial charge in [0.15, 0.2) is 5.03 Å². The van der Waals surface area contributed by atoms with Gasteiger partial charge in [0, 0.05) is 38.3 Å². The molecule has 0 spiro atoms. The summed E-state index contributed by atoms with van der Waals surface area (Å²) in [6.07, 6.45) is 6.13. The maximum Gasteiger partial charge on any atom is 0.262 e. The first kappa shape index (κ1) is 22.3. The number of imidazole rings is 1. The molecule has 3 unspecified atom stereocenters. The van der Waals surface area contributed by atoms with Crippen LogP contribution in [0.4, 0.5) is 0 Å². The van der Waals surface area contributed by atoms with E-state index < -0.39 is 10.0 Å². The summed E-state index contributed by atoms with van der Waals surface area (Å²) in [6.45, 7) is 9.25. The zero-order valence-corrected chi connectivity index (χ0v) is 19.2. The summed E-state index contributed by atoms with van der Waals surface area (Å²) in [5, 5.41) is 3.42. The molecule has 3 rings (SSSR count). The van der Waals surface area contributed by atoms with Gasteiger partial charge in [-0.15, -0.1) is 0 Å². The lowest BCUT2D eigenvalue weighted by atomic mass is 9.74. The van der Waals surface area contributed by atoms with Crippen LogP contribution in [0.2, 0.25) is 0 Å². The van der Waals surface area contributed by atoms with Gasteiger partial charge in [0.05, 0.1) is 0 Å². The van der Waals surface area contributed by atoms with Crippen molar-refractivity contribution in [3.8, 4) is 0 Å². The Morgan fingerprint density at radius 3 is 2.41 bits per heavy atom. The monoisotopic (exact) mass is 424 g/mol. The molecule has 1 aliphatic heterocycles. The Kier molecular flexibility index (Phi) is 6.73. The van der Waals surface area contributed by atoms with Gasteiger partial charge in [0.2, 0.25) is 5.91 Å². The van der Waals surface area contributed by atoms with E-state index in [0.717, 1.165) is 6.42 Å². The second-order valence-electron chi connectivity index (χ2n) is 9.36. The van der Waals surface area contributed by atoms with Crippen molar-refractivity contribution in [3.05, 3.63) is 12.0 Å². The van der Waals surface area contributed by atoms with E-state index in [1.54, 1.807) is 24.7 Å². The zero-order chi connectivity index (χ0) is 21.3. The number of aryl methyl sites for hydroxylation is 2. The van der Waals surface area contributed by atoms with E-state index in [9.17, 15) is 13.2 Å². The Balaban J connectivity index is 1.59. The molecule has 8 heteroatoms. The number of hydrogen-bond acceptors (Lipinski definition) is 4. The van der Waals surface area contributed by atoms with E-state index in [2.05, 4.69) is 31.1 Å². The standard InChI is InChI=1S/C21H36N4O3S/c1-14(2)18-7-6-15(3)12-19(18)23-21(26)17-8-10-25(11-9-17)29(27,28)20-13-24(5)16(4)22-20/h13-15,17-19H,6-12H2,1-5H3,(H,23,26). The highest BCUT2D eigenvalue weighted by atomic mass is 32.2. The number of carbonyl (C=O) groups is 1. The Morgan fingerprint density at radius 1 is 1.21 bits per heavy atom. The molecule has 1 aromatic rings. The van der Waals surface area contributed by atoms with Crippen LogP contribution < -0.4 is 5.32 Å². The van der Waals surface area contributed by atoms with E-state index in [1.165, 1.54) is 17.1 Å². The number of nitrogens with one attached hydrogen (secondary N) is 1. The van der Waals surface area contributed by atoms with E-state index in [-0.39, 0.29) is 22.9 Å². The van der Waals surface area contributed by atoms with Crippen molar-refractivity contribution in [3.63, 3.8) is 0 Å². The first-order valence-electron chi connectivity index (χ1n) is 10.9. The van der Waals surface area contributed by atoms with Gasteiger partial charge in [-0.2, -0.15) is 4.31 Å². The minimum Gasteiger partial charge on any atom is -0.353 e. The molecule has 1 amide bonds. The number of sulfonamides is 1. The van der Waals surface area contributed by atoms with Gasteiger partial charge in [-0.25, -0.2) is 13.4 Å². The van der Waals surface area contributed by atoms with Gasteiger partial charge < -0.3 is 9.88 Å². The Bertz CT molecular complexity index is 805. The lowest BCUT2D eigenvalue weighted by Crippen LogP contribution is -2.49. The highest BCUT2D eigenvalue weighted by Gasteiger charge is 2.36. The molecule has 0 radical (unpaired) electrons. The van der Waals surface area contributed by atoms with E-state index in [1.807, 2.05) is 0 Å². The third-order valence-electron chi connectivity index (χ3n) is 6.87. The molecule has 2 heterocycles. The Morgan fingerprint density at radius 2 is 1.86 bits per heavy atom. The van der Waals surface area contributed by atoms with Crippen LogP contribution >= 0.6 is 0 Å². The molecule has 1 aliphatic carbocycles. The first-order chi connectivity index (χ1) is 13.6. The molecular formula is C21H36N4O3S. The molecule has 1 N–H and O–H groups in total. The molecule has 1 saturated heterocycles. The molecule has 1 aromatic heterocycles. The molecule has 29 heavy (non-hydrogen) atoms. The molecule has 164 valence electrons. The fraction of sp³-hybridized carbons (Fsp3) is 0.810. The number of nitrogens with zero attached hydrogens (tertiary/aromatic N) is 3. The molecule has 1 saturated carbocycles. The smallest absolute Gasteiger partial charge is 0.262 e. The summed E-state index contributed by atoms with van der Waals surface area (Å²) in [6, 6.07) is 0.240. The molecule has 3 atom stereocenters. The summed E-state index contributed by atoms with van der Waals surface area (Å²) < 4.78 is 28.9. The van der Waals surface area contributed by atoms with Gasteiger partial charge in [-0.1, -0.05) is 27.2 Å². The quantitative estimate of drug-likeness (QED) is 0.788. The predicted molar refractivity (Wildman–Crippen MR) is 113 cm³/mol. The molecule has 2 fully saturated rings. The van der Waals surface area contributed by atoms with E-state index in [4.69, 9.17) is 0 Å². The molecular weight excluding hydrogens is 388 g/mol. The maximum absolute atomic E-state index is 12.9. The number of rotatable bonds is 5. The van der Waals surface area contributed by atoms with Gasteiger partial charge >= 0.3 is 0 Å². The van der Waals surface area contributed by atoms with Gasteiger partial charge in [0.1, 0.15) is 5.82 Å². The zero-order valence-electron chi connectivity index (χ0n) is 18.4. The molecule has 0 bridgehead atoms. The number of aromatic nitrogens is 2. The fourth-order valence-electron chi connectivity index (χ4n) is 4.81. The number of piperidine rings is 1. The minimum absolute atomic E-state index is 0.0939. The van der Waals surface area contributed by atoms with E-state index >= 15 is 0 Å². The van der Waals surface area contributed by atoms with Crippen molar-refractivity contribution in [1.82, 2.24) is 19.2 Å². The van der Waals surface area contributed by atoms with Crippen LogP contribution in [0, 0.1) is 30.6 Å². The summed E-state index contributed by atoms with van der Waals surface area (Å²) in [5.41, 5.74) is 0. The Hall–Kier alpha value is -1.41. The number of amides is 1. The molecule has 0 aromatic carbocycles. The fourth-order valence-corrected chi connectivity index (χ4v) is 6.30. The second-order valence-corrected chi connectivity index (χ2v) is 11.2. The van der Waals surface area contributed by atoms with Crippen LogP contribution in [0.25, 0.3) is 0 Å². The lowest BCUT2D eigenvalue weighted by Gasteiger charge is -2.39. The van der Waals surface area contributed by atoms with Crippen molar-refractivity contribution >= 4 is 15.9 Å². The minimum atomic E-state index is -3.60. The third kappa shape index (κ3) is 4.85. The largest absolute Gasteiger partial charge is 0.353 e. The van der Waals surface area contributed by atoms with Gasteiger partial charge in [0.25, 0.3) is 10.0 Å². The van der Waals surface area contributed by atoms with Crippen LogP contribution in [0.3, 0.4) is 0 Å². The van der Waals surface area contributed by atoms with Crippen molar-refractivity contribution in [2.45, 2.75) is 70.9 Å². The van der Waals surface area contributed by atoms with Crippen molar-refractivity contribution in [1.29, 1.82) is 0 Å². The van der Waals surface area contributed by atoms with Crippen LogP contribution in [-0.2, 0) is 21.9 Å². The topological polar surface area (TPSA) is 84.3 Å². The first-order valence-corrected chi connectivity index (χ1v) is 12.3. The highest BCUT2D eigenvalue weighted by molar-refractivity contribution is 7.89. The summed E-state index contributed by atoms with van der Waals surface area (Å²) in [5.74, 6) is 2.38. The van der Waals surface area contributed by atoms with Crippen LogP contribution in [-0.4, -0.2) is 47.3 Å². The van der Waals surface area contributed by atoms with Crippen molar-refractivity contribution in [2.24, 2.45) is 30.7 Å². The average Bonchev–Trinajstić information content (AvgIpc) is 3.01. The van der Waals surface area contributed by atoms with Gasteiger partial charge in [-0.05, 0) is 50.4 Å². The van der Waals surface area contributed by atoms with Crippen LogP contribution in [0.1, 0.15) is 58.7 Å². The maximum atomic E-state index is 12.9. The van der Waals surface area contributed by atoms with Crippen LogP contribution in [0.5, 0.6) is 0 Å². The molecule has 2 aliphatic rings. The number of carbonyl (C=O) groups excluding carboxylic acids is 1. The average molecular weight is 425 g/mol. The van der Waals surface area contributed by atoms with E-state index in [0.29, 0.717) is 49.5 Å². The SMILES string of the molecule is Cc1nc(S(=O)(=O)N2CCC(C(=O)NC3CC(C)CCC3C(C)C)CC2)cn1C. The highest BCUT2D eigenvalue weighted by Crippen LogP contribution is 2.34. The van der Waals surface area contributed by atoms with Gasteiger partial charge in [-0.3, -0.25) is 4.79 Å². The third-order valence-corrected chi connectivity index (χ3v) is 8.64. The number of hydrogen-bond donors (Lipinski definition) is 1. The summed E-state index contributed by atoms with van der Waals surface area (Å²) in [7, 11) is -1.81.